The molecule has 0 radical (unpaired) electrons. The van der Waals surface area contributed by atoms with Crippen LogP contribution >= 0.6 is 8.58 Å². The fourth-order valence-corrected chi connectivity index (χ4v) is 4.42. The van der Waals surface area contributed by atoms with Crippen LogP contribution in [0.3, 0.4) is 0 Å². The van der Waals surface area contributed by atoms with Crippen LogP contribution in [0, 0.1) is 34.6 Å². The summed E-state index contributed by atoms with van der Waals surface area (Å²) in [5.74, 6) is 0.901. The van der Waals surface area contributed by atoms with Crippen LogP contribution in [0.1, 0.15) is 65.8 Å². The number of hydrogen-bond donors (Lipinski definition) is 0. The molecule has 0 bridgehead atoms. The third kappa shape index (κ3) is 6.22. The van der Waals surface area contributed by atoms with Gasteiger partial charge in [0.05, 0.1) is 6.61 Å². The van der Waals surface area contributed by atoms with Crippen LogP contribution in [0.25, 0.3) is 0 Å². The Morgan fingerprint density at radius 3 is 2.30 bits per heavy atom. The zero-order valence-electron chi connectivity index (χ0n) is 19.0. The van der Waals surface area contributed by atoms with Crippen molar-refractivity contribution in [1.29, 1.82) is 0 Å². The van der Waals surface area contributed by atoms with E-state index < -0.39 is 0 Å². The second-order valence-electron chi connectivity index (χ2n) is 7.12. The van der Waals surface area contributed by atoms with Crippen LogP contribution < -0.4 is 28.9 Å². The number of rotatable bonds is 8. The Hall–Kier alpha value is -1.06. The summed E-state index contributed by atoms with van der Waals surface area (Å²) < 4.78 is 5.82. The molecule has 2 aromatic rings. The van der Waals surface area contributed by atoms with Gasteiger partial charge in [0, 0.05) is 5.56 Å². The fraction of sp³-hybridized carbons (Fsp3) is 0.435. The first-order valence-corrected chi connectivity index (χ1v) is 10.5. The van der Waals surface area contributed by atoms with E-state index in [0.29, 0.717) is 0 Å². The number of hydrogen-bond acceptors (Lipinski definition) is 2. The molecule has 0 saturated heterocycles. The standard InChI is InChI=1S/C23H31O2P.Li.H/c1-7-8-9-12-25-20-10-11-21(16(3)14-20)26-23(24)22-17(4)13-15(2)18(5)19(22)6;;/h10-11,13-14,26H,7-9,12H2,1-6H3;;/q;+1;-1. The summed E-state index contributed by atoms with van der Waals surface area (Å²) in [6.07, 6.45) is 3.48. The van der Waals surface area contributed by atoms with Gasteiger partial charge in [0.25, 0.3) is 0 Å². The summed E-state index contributed by atoms with van der Waals surface area (Å²) in [4.78, 5) is 13.0. The molecule has 0 amide bonds. The first-order valence-electron chi connectivity index (χ1n) is 9.47. The van der Waals surface area contributed by atoms with E-state index in [4.69, 9.17) is 4.74 Å². The summed E-state index contributed by atoms with van der Waals surface area (Å²) in [5, 5.41) is 1.10. The predicted molar refractivity (Wildman–Crippen MR) is 115 cm³/mol. The Morgan fingerprint density at radius 1 is 0.963 bits per heavy atom. The number of aryl methyl sites for hydroxylation is 3. The minimum atomic E-state index is 0. The molecule has 0 aliphatic rings. The van der Waals surface area contributed by atoms with Crippen molar-refractivity contribution in [3.8, 4) is 5.75 Å². The first-order chi connectivity index (χ1) is 12.3. The van der Waals surface area contributed by atoms with Crippen molar-refractivity contribution in [2.24, 2.45) is 0 Å². The molecule has 0 aliphatic heterocycles. The van der Waals surface area contributed by atoms with E-state index in [9.17, 15) is 4.79 Å². The van der Waals surface area contributed by atoms with Gasteiger partial charge in [0.1, 0.15) is 5.75 Å². The van der Waals surface area contributed by atoms with Crippen LogP contribution in [0.15, 0.2) is 24.3 Å². The Balaban J connectivity index is 0.00000364. The molecule has 0 spiro atoms. The van der Waals surface area contributed by atoms with Crippen molar-refractivity contribution in [3.05, 3.63) is 57.6 Å². The van der Waals surface area contributed by atoms with Gasteiger partial charge in [-0.25, -0.2) is 0 Å². The van der Waals surface area contributed by atoms with Gasteiger partial charge in [-0.05, 0) is 94.9 Å². The van der Waals surface area contributed by atoms with Crippen molar-refractivity contribution in [2.45, 2.75) is 60.8 Å². The first kappa shape index (κ1) is 24.0. The van der Waals surface area contributed by atoms with Gasteiger partial charge < -0.3 is 6.16 Å². The maximum Gasteiger partial charge on any atom is 1.00 e. The van der Waals surface area contributed by atoms with Crippen LogP contribution in [-0.2, 0) is 0 Å². The van der Waals surface area contributed by atoms with E-state index >= 15 is 0 Å². The number of unbranched alkanes of at least 4 members (excludes halogenated alkanes) is 2. The minimum absolute atomic E-state index is 0. The second-order valence-corrected chi connectivity index (χ2v) is 8.36. The minimum Gasteiger partial charge on any atom is -1.00 e. The monoisotopic (exact) mass is 378 g/mol. The van der Waals surface area contributed by atoms with E-state index in [1.165, 1.54) is 24.0 Å². The summed E-state index contributed by atoms with van der Waals surface area (Å²) in [5.41, 5.74) is 6.92. The molecular formula is C23H32LiO2P. The van der Waals surface area contributed by atoms with Crippen molar-refractivity contribution in [2.75, 3.05) is 6.61 Å². The van der Waals surface area contributed by atoms with E-state index in [1.54, 1.807) is 0 Å². The van der Waals surface area contributed by atoms with Crippen LogP contribution in [0.2, 0.25) is 0 Å². The molecule has 27 heavy (non-hydrogen) atoms. The molecule has 0 saturated carbocycles. The zero-order valence-corrected chi connectivity index (χ0v) is 19.0. The van der Waals surface area contributed by atoms with Gasteiger partial charge in [0.15, 0.2) is 5.52 Å². The molecule has 1 unspecified atom stereocenters. The smallest absolute Gasteiger partial charge is 1.00 e. The van der Waals surface area contributed by atoms with Crippen molar-refractivity contribution >= 4 is 19.4 Å². The predicted octanol–water partition coefficient (Wildman–Crippen LogP) is 3.06. The van der Waals surface area contributed by atoms with Crippen LogP contribution in [0.4, 0.5) is 0 Å². The summed E-state index contributed by atoms with van der Waals surface area (Å²) in [7, 11) is 0.145. The van der Waals surface area contributed by atoms with Gasteiger partial charge in [-0.3, -0.25) is 4.79 Å². The van der Waals surface area contributed by atoms with E-state index in [0.717, 1.165) is 46.3 Å². The van der Waals surface area contributed by atoms with Gasteiger partial charge >= 0.3 is 18.9 Å². The van der Waals surface area contributed by atoms with Crippen molar-refractivity contribution < 1.29 is 29.8 Å². The number of carbonyl (C=O) groups excluding carboxylic acids is 1. The molecular weight excluding hydrogens is 346 g/mol. The number of ether oxygens (including phenoxy) is 1. The molecule has 0 fully saturated rings. The Kier molecular flexibility index (Phi) is 9.82. The Bertz CT molecular complexity index is 806. The van der Waals surface area contributed by atoms with Crippen molar-refractivity contribution in [3.63, 3.8) is 0 Å². The molecule has 0 aliphatic carbocycles. The third-order valence-electron chi connectivity index (χ3n) is 5.05. The Morgan fingerprint density at radius 2 is 1.67 bits per heavy atom. The second kappa shape index (κ2) is 11.1. The average Bonchev–Trinajstić information content (AvgIpc) is 2.59. The molecule has 0 N–H and O–H groups in total. The van der Waals surface area contributed by atoms with E-state index in [-0.39, 0.29) is 34.4 Å². The molecule has 0 heterocycles. The molecule has 2 nitrogen and oxygen atoms in total. The van der Waals surface area contributed by atoms with Crippen LogP contribution in [-0.4, -0.2) is 12.1 Å². The maximum atomic E-state index is 13.0. The van der Waals surface area contributed by atoms with Crippen LogP contribution in [0.5, 0.6) is 5.75 Å². The fourth-order valence-electron chi connectivity index (χ4n) is 3.23. The largest absolute Gasteiger partial charge is 1.00 e. The molecule has 142 valence electrons. The zero-order chi connectivity index (χ0) is 19.3. The molecule has 4 heteroatoms. The molecule has 1 atom stereocenters. The van der Waals surface area contributed by atoms with Gasteiger partial charge in [-0.1, -0.05) is 31.9 Å². The summed E-state index contributed by atoms with van der Waals surface area (Å²) >= 11 is 0. The SMILES string of the molecule is CCCCCOc1ccc(PC(=O)c2c(C)cc(C)c(C)c2C)c(C)c1.[H-].[Li+]. The molecule has 2 aromatic carbocycles. The molecule has 2 rings (SSSR count). The average molecular weight is 378 g/mol. The molecule has 0 aromatic heterocycles. The van der Waals surface area contributed by atoms with E-state index in [2.05, 4.69) is 46.8 Å². The topological polar surface area (TPSA) is 26.3 Å². The maximum absolute atomic E-state index is 13.0. The van der Waals surface area contributed by atoms with Crippen molar-refractivity contribution in [1.82, 2.24) is 0 Å². The van der Waals surface area contributed by atoms with Gasteiger partial charge in [-0.15, -0.1) is 0 Å². The summed E-state index contributed by atoms with van der Waals surface area (Å²) in [6, 6.07) is 8.23. The number of benzene rings is 2. The third-order valence-corrected chi connectivity index (χ3v) is 6.35. The summed E-state index contributed by atoms with van der Waals surface area (Å²) in [6.45, 7) is 13.3. The van der Waals surface area contributed by atoms with Gasteiger partial charge in [-0.2, -0.15) is 0 Å². The Labute approximate surface area is 179 Å². The van der Waals surface area contributed by atoms with E-state index in [1.807, 2.05) is 19.1 Å². The van der Waals surface area contributed by atoms with Gasteiger partial charge in [0.2, 0.25) is 0 Å². The number of carbonyl (C=O) groups is 1. The normalized spacial score (nSPS) is 10.9. The quantitative estimate of drug-likeness (QED) is 0.401.